The van der Waals surface area contributed by atoms with E-state index in [4.69, 9.17) is 18.9 Å². The van der Waals surface area contributed by atoms with Crippen molar-refractivity contribution in [3.8, 4) is 23.0 Å². The fourth-order valence-electron chi connectivity index (χ4n) is 2.94. The molecular weight excluding hydrogens is 338 g/mol. The second-order valence-corrected chi connectivity index (χ2v) is 6.15. The number of carbonyl (C=O) groups excluding carboxylic acids is 1. The maximum absolute atomic E-state index is 12.5. The highest BCUT2D eigenvalue weighted by Gasteiger charge is 2.21. The number of anilines is 1. The molecule has 0 saturated carbocycles. The van der Waals surface area contributed by atoms with Crippen LogP contribution in [0.3, 0.4) is 0 Å². The largest absolute Gasteiger partial charge is 0.507 e. The van der Waals surface area contributed by atoms with Crippen molar-refractivity contribution in [1.29, 1.82) is 0 Å². The van der Waals surface area contributed by atoms with Crippen molar-refractivity contribution < 1.29 is 28.8 Å². The molecule has 2 aliphatic heterocycles. The van der Waals surface area contributed by atoms with Gasteiger partial charge in [0.2, 0.25) is 6.79 Å². The highest BCUT2D eigenvalue weighted by molar-refractivity contribution is 6.06. The number of aromatic hydroxyl groups is 1. The monoisotopic (exact) mass is 357 g/mol. The number of phenolic OH excluding ortho intramolecular Hbond substituents is 1. The Bertz CT molecular complexity index is 816. The third-order valence-electron chi connectivity index (χ3n) is 4.29. The van der Waals surface area contributed by atoms with Gasteiger partial charge in [-0.15, -0.1) is 0 Å². The summed E-state index contributed by atoms with van der Waals surface area (Å²) in [6.07, 6.45) is 2.18. The molecule has 1 atom stereocenters. The molecule has 2 aliphatic rings. The molecule has 2 aromatic carbocycles. The molecule has 1 amide bonds. The predicted octanol–water partition coefficient (Wildman–Crippen LogP) is 2.93. The molecule has 2 N–H and O–H groups in total. The highest BCUT2D eigenvalue weighted by Crippen LogP contribution is 2.37. The van der Waals surface area contributed by atoms with Crippen LogP contribution in [0.15, 0.2) is 36.4 Å². The molecule has 26 heavy (non-hydrogen) atoms. The summed E-state index contributed by atoms with van der Waals surface area (Å²) < 4.78 is 21.7. The molecular formula is C19H19NO6. The SMILES string of the molecule is O=C(Nc1cccc(OC[C@@H]2CCCO2)c1)c1cc2c(cc1O)OCO2. The van der Waals surface area contributed by atoms with Crippen molar-refractivity contribution in [1.82, 2.24) is 0 Å². The first-order valence-electron chi connectivity index (χ1n) is 8.47. The molecule has 1 saturated heterocycles. The lowest BCUT2D eigenvalue weighted by molar-refractivity contribution is 0.0680. The second-order valence-electron chi connectivity index (χ2n) is 6.15. The number of amides is 1. The zero-order valence-electron chi connectivity index (χ0n) is 14.1. The van der Waals surface area contributed by atoms with Gasteiger partial charge in [-0.2, -0.15) is 0 Å². The Morgan fingerprint density at radius 1 is 1.23 bits per heavy atom. The summed E-state index contributed by atoms with van der Waals surface area (Å²) in [5.74, 6) is 0.882. The van der Waals surface area contributed by atoms with E-state index in [0.717, 1.165) is 19.4 Å². The van der Waals surface area contributed by atoms with Gasteiger partial charge in [-0.05, 0) is 25.0 Å². The van der Waals surface area contributed by atoms with Crippen LogP contribution in [0.5, 0.6) is 23.0 Å². The first-order chi connectivity index (χ1) is 12.7. The minimum atomic E-state index is -0.447. The van der Waals surface area contributed by atoms with E-state index in [0.29, 0.717) is 29.5 Å². The van der Waals surface area contributed by atoms with E-state index in [1.54, 1.807) is 18.2 Å². The van der Waals surface area contributed by atoms with Gasteiger partial charge in [0.15, 0.2) is 11.5 Å². The average Bonchev–Trinajstić information content (AvgIpc) is 3.30. The Morgan fingerprint density at radius 3 is 2.88 bits per heavy atom. The topological polar surface area (TPSA) is 86.3 Å². The van der Waals surface area contributed by atoms with E-state index in [1.807, 2.05) is 6.07 Å². The molecule has 0 bridgehead atoms. The van der Waals surface area contributed by atoms with E-state index in [1.165, 1.54) is 12.1 Å². The molecule has 0 radical (unpaired) electrons. The normalized spacial score (nSPS) is 17.9. The van der Waals surface area contributed by atoms with Gasteiger partial charge in [0.1, 0.15) is 18.1 Å². The fraction of sp³-hybridized carbons (Fsp3) is 0.316. The molecule has 2 heterocycles. The Morgan fingerprint density at radius 2 is 2.08 bits per heavy atom. The summed E-state index contributed by atoms with van der Waals surface area (Å²) in [6, 6.07) is 9.93. The molecule has 0 unspecified atom stereocenters. The molecule has 0 aliphatic carbocycles. The smallest absolute Gasteiger partial charge is 0.259 e. The molecule has 2 aromatic rings. The minimum absolute atomic E-state index is 0.0734. The van der Waals surface area contributed by atoms with Gasteiger partial charge < -0.3 is 29.4 Å². The van der Waals surface area contributed by atoms with Crippen LogP contribution in [0, 0.1) is 0 Å². The van der Waals surface area contributed by atoms with Crippen LogP contribution in [0.4, 0.5) is 5.69 Å². The number of rotatable bonds is 5. The highest BCUT2D eigenvalue weighted by atomic mass is 16.7. The quantitative estimate of drug-likeness (QED) is 0.856. The van der Waals surface area contributed by atoms with Crippen LogP contribution in [-0.2, 0) is 4.74 Å². The Kier molecular flexibility index (Phi) is 4.53. The standard InChI is InChI=1S/C19H19NO6/c21-16-9-18-17(25-11-26-18)8-15(16)19(22)20-12-3-1-4-13(7-12)24-10-14-5-2-6-23-14/h1,3-4,7-9,14,21H,2,5-6,10-11H2,(H,20,22)/t14-/m0/s1. The maximum atomic E-state index is 12.5. The summed E-state index contributed by atoms with van der Waals surface area (Å²) in [5, 5.41) is 12.8. The first kappa shape index (κ1) is 16.5. The number of hydrogen-bond acceptors (Lipinski definition) is 6. The lowest BCUT2D eigenvalue weighted by Gasteiger charge is -2.13. The molecule has 0 aromatic heterocycles. The number of benzene rings is 2. The number of phenols is 1. The number of ether oxygens (including phenoxy) is 4. The van der Waals surface area contributed by atoms with Gasteiger partial charge in [-0.3, -0.25) is 4.79 Å². The van der Waals surface area contributed by atoms with E-state index in [9.17, 15) is 9.90 Å². The van der Waals surface area contributed by atoms with E-state index >= 15 is 0 Å². The van der Waals surface area contributed by atoms with Crippen LogP contribution >= 0.6 is 0 Å². The fourth-order valence-corrected chi connectivity index (χ4v) is 2.94. The second kappa shape index (κ2) is 7.13. The van der Waals surface area contributed by atoms with Crippen molar-refractivity contribution in [2.24, 2.45) is 0 Å². The molecule has 7 nitrogen and oxygen atoms in total. The van der Waals surface area contributed by atoms with Crippen LogP contribution in [0.25, 0.3) is 0 Å². The van der Waals surface area contributed by atoms with E-state index in [2.05, 4.69) is 5.32 Å². The van der Waals surface area contributed by atoms with E-state index in [-0.39, 0.29) is 24.2 Å². The predicted molar refractivity (Wildman–Crippen MR) is 93.1 cm³/mol. The lowest BCUT2D eigenvalue weighted by Crippen LogP contribution is -2.16. The summed E-state index contributed by atoms with van der Waals surface area (Å²) >= 11 is 0. The Labute approximate surface area is 150 Å². The third kappa shape index (κ3) is 3.52. The van der Waals surface area contributed by atoms with Crippen molar-refractivity contribution in [3.05, 3.63) is 42.0 Å². The van der Waals surface area contributed by atoms with Crippen LogP contribution in [0.1, 0.15) is 23.2 Å². The van der Waals surface area contributed by atoms with Crippen LogP contribution in [0.2, 0.25) is 0 Å². The lowest BCUT2D eigenvalue weighted by atomic mass is 10.1. The van der Waals surface area contributed by atoms with Crippen molar-refractivity contribution in [2.75, 3.05) is 25.3 Å². The molecule has 0 spiro atoms. The summed E-state index contributed by atoms with van der Waals surface area (Å²) in [5.41, 5.74) is 0.678. The average molecular weight is 357 g/mol. The van der Waals surface area contributed by atoms with Gasteiger partial charge >= 0.3 is 0 Å². The molecule has 136 valence electrons. The Balaban J connectivity index is 1.43. The number of nitrogens with one attached hydrogen (secondary N) is 1. The zero-order valence-corrected chi connectivity index (χ0v) is 14.1. The van der Waals surface area contributed by atoms with Crippen LogP contribution < -0.4 is 19.5 Å². The number of fused-ring (bicyclic) bond motifs is 1. The van der Waals surface area contributed by atoms with Crippen molar-refractivity contribution in [3.63, 3.8) is 0 Å². The number of hydrogen-bond donors (Lipinski definition) is 2. The van der Waals surface area contributed by atoms with Gasteiger partial charge in [0.25, 0.3) is 5.91 Å². The third-order valence-corrected chi connectivity index (χ3v) is 4.29. The maximum Gasteiger partial charge on any atom is 0.259 e. The van der Waals surface area contributed by atoms with E-state index < -0.39 is 5.91 Å². The van der Waals surface area contributed by atoms with Crippen molar-refractivity contribution in [2.45, 2.75) is 18.9 Å². The minimum Gasteiger partial charge on any atom is -0.507 e. The molecule has 7 heteroatoms. The first-order valence-corrected chi connectivity index (χ1v) is 8.47. The molecule has 4 rings (SSSR count). The van der Waals surface area contributed by atoms with Gasteiger partial charge in [0, 0.05) is 30.5 Å². The summed E-state index contributed by atoms with van der Waals surface area (Å²) in [7, 11) is 0. The van der Waals surface area contributed by atoms with Crippen LogP contribution in [-0.4, -0.2) is 37.1 Å². The molecule has 1 fully saturated rings. The van der Waals surface area contributed by atoms with Gasteiger partial charge in [0.05, 0.1) is 11.7 Å². The van der Waals surface area contributed by atoms with Gasteiger partial charge in [-0.25, -0.2) is 0 Å². The Hall–Kier alpha value is -2.93. The van der Waals surface area contributed by atoms with Crippen molar-refractivity contribution >= 4 is 11.6 Å². The summed E-state index contributed by atoms with van der Waals surface area (Å²) in [4.78, 5) is 12.5. The zero-order chi connectivity index (χ0) is 17.9. The summed E-state index contributed by atoms with van der Waals surface area (Å²) in [6.45, 7) is 1.34. The van der Waals surface area contributed by atoms with Gasteiger partial charge in [-0.1, -0.05) is 6.07 Å². The number of carbonyl (C=O) groups is 1.